The molecule has 0 radical (unpaired) electrons. The van der Waals surface area contributed by atoms with Crippen LogP contribution >= 0.6 is 0 Å². The van der Waals surface area contributed by atoms with Gasteiger partial charge >= 0.3 is 0 Å². The second-order valence-corrected chi connectivity index (χ2v) is 5.41. The van der Waals surface area contributed by atoms with E-state index in [0.717, 1.165) is 32.4 Å². The summed E-state index contributed by atoms with van der Waals surface area (Å²) in [4.78, 5) is 2.45. The monoisotopic (exact) mass is 229 g/mol. The number of nitrogens with two attached hydrogens (primary N) is 2. The Morgan fingerprint density at radius 3 is 1.56 bits per heavy atom. The van der Waals surface area contributed by atoms with Gasteiger partial charge in [-0.1, -0.05) is 20.8 Å². The second-order valence-electron chi connectivity index (χ2n) is 5.41. The van der Waals surface area contributed by atoms with E-state index in [4.69, 9.17) is 11.5 Å². The summed E-state index contributed by atoms with van der Waals surface area (Å²) in [6, 6.07) is 0.518. The summed E-state index contributed by atoms with van der Waals surface area (Å²) in [6.45, 7) is 13.0. The summed E-state index contributed by atoms with van der Waals surface area (Å²) in [6.07, 6.45) is 3.18. The summed E-state index contributed by atoms with van der Waals surface area (Å²) in [5.41, 5.74) is 12.3. The summed E-state index contributed by atoms with van der Waals surface area (Å²) in [7, 11) is 0. The Hall–Kier alpha value is -0.120. The SMILES string of the molecule is CCC(N)CN(CC(N)CC)C(C)(C)CC. The van der Waals surface area contributed by atoms with Gasteiger partial charge in [0.25, 0.3) is 0 Å². The van der Waals surface area contributed by atoms with Gasteiger partial charge in [-0.15, -0.1) is 0 Å². The lowest BCUT2D eigenvalue weighted by Gasteiger charge is -2.40. The Kier molecular flexibility index (Phi) is 7.20. The van der Waals surface area contributed by atoms with E-state index in [1.165, 1.54) is 0 Å². The quantitative estimate of drug-likeness (QED) is 0.669. The molecule has 0 bridgehead atoms. The first kappa shape index (κ1) is 15.9. The minimum atomic E-state index is 0.194. The fourth-order valence-electron chi connectivity index (χ4n) is 1.62. The lowest BCUT2D eigenvalue weighted by molar-refractivity contribution is 0.0986. The third-order valence-corrected chi connectivity index (χ3v) is 3.68. The van der Waals surface area contributed by atoms with Crippen molar-refractivity contribution in [1.82, 2.24) is 4.90 Å². The summed E-state index contributed by atoms with van der Waals surface area (Å²) in [5, 5.41) is 0. The molecule has 0 amide bonds. The Balaban J connectivity index is 4.50. The van der Waals surface area contributed by atoms with Gasteiger partial charge in [0.05, 0.1) is 0 Å². The van der Waals surface area contributed by atoms with Gasteiger partial charge in [-0.3, -0.25) is 4.90 Å². The van der Waals surface area contributed by atoms with Crippen molar-refractivity contribution in [2.45, 2.75) is 71.5 Å². The van der Waals surface area contributed by atoms with E-state index in [-0.39, 0.29) is 17.6 Å². The smallest absolute Gasteiger partial charge is 0.0165 e. The molecule has 16 heavy (non-hydrogen) atoms. The average Bonchev–Trinajstić information content (AvgIpc) is 2.27. The number of hydrogen-bond donors (Lipinski definition) is 2. The highest BCUT2D eigenvalue weighted by Crippen LogP contribution is 2.19. The average molecular weight is 229 g/mol. The molecule has 3 heteroatoms. The van der Waals surface area contributed by atoms with E-state index in [0.29, 0.717) is 0 Å². The highest BCUT2D eigenvalue weighted by Gasteiger charge is 2.26. The predicted octanol–water partition coefficient (Wildman–Crippen LogP) is 1.95. The maximum absolute atomic E-state index is 6.06. The van der Waals surface area contributed by atoms with Gasteiger partial charge in [0.1, 0.15) is 0 Å². The molecule has 0 heterocycles. The fourth-order valence-corrected chi connectivity index (χ4v) is 1.62. The standard InChI is InChI=1S/C13H31N3/c1-6-11(14)9-16(10-12(15)7-2)13(4,5)8-3/h11-12H,6-10,14-15H2,1-5H3. The van der Waals surface area contributed by atoms with Crippen LogP contribution in [-0.2, 0) is 0 Å². The van der Waals surface area contributed by atoms with E-state index in [1.807, 2.05) is 0 Å². The molecule has 98 valence electrons. The molecular formula is C13H31N3. The molecule has 0 aromatic heterocycles. The van der Waals surface area contributed by atoms with Gasteiger partial charge in [0, 0.05) is 30.7 Å². The van der Waals surface area contributed by atoms with E-state index in [1.54, 1.807) is 0 Å². The van der Waals surface area contributed by atoms with Crippen LogP contribution in [0.5, 0.6) is 0 Å². The molecule has 0 saturated carbocycles. The molecule has 0 aliphatic carbocycles. The van der Waals surface area contributed by atoms with Gasteiger partial charge in [-0.05, 0) is 33.1 Å². The van der Waals surface area contributed by atoms with E-state index in [9.17, 15) is 0 Å². The highest BCUT2D eigenvalue weighted by molar-refractivity contribution is 4.84. The van der Waals surface area contributed by atoms with Gasteiger partial charge < -0.3 is 11.5 Å². The minimum Gasteiger partial charge on any atom is -0.327 e. The second kappa shape index (κ2) is 7.25. The maximum Gasteiger partial charge on any atom is 0.0165 e. The molecule has 2 atom stereocenters. The molecule has 0 saturated heterocycles. The third kappa shape index (κ3) is 5.28. The molecule has 0 aliphatic rings. The van der Waals surface area contributed by atoms with Crippen LogP contribution in [0.1, 0.15) is 53.9 Å². The van der Waals surface area contributed by atoms with Crippen molar-refractivity contribution in [2.24, 2.45) is 11.5 Å². The summed E-state index contributed by atoms with van der Waals surface area (Å²) >= 11 is 0. The molecule has 0 fully saturated rings. The number of nitrogens with zero attached hydrogens (tertiary/aromatic N) is 1. The van der Waals surface area contributed by atoms with Gasteiger partial charge in [-0.2, -0.15) is 0 Å². The summed E-state index contributed by atoms with van der Waals surface area (Å²) in [5.74, 6) is 0. The van der Waals surface area contributed by atoms with Gasteiger partial charge in [0.2, 0.25) is 0 Å². The van der Waals surface area contributed by atoms with Crippen molar-refractivity contribution in [2.75, 3.05) is 13.1 Å². The summed E-state index contributed by atoms with van der Waals surface area (Å²) < 4.78 is 0. The van der Waals surface area contributed by atoms with Crippen molar-refractivity contribution >= 4 is 0 Å². The minimum absolute atomic E-state index is 0.194. The van der Waals surface area contributed by atoms with Crippen LogP contribution in [0.15, 0.2) is 0 Å². The molecule has 0 spiro atoms. The predicted molar refractivity (Wildman–Crippen MR) is 72.5 cm³/mol. The van der Waals surface area contributed by atoms with Crippen LogP contribution < -0.4 is 11.5 Å². The third-order valence-electron chi connectivity index (χ3n) is 3.68. The molecular weight excluding hydrogens is 198 g/mol. The first-order chi connectivity index (χ1) is 7.37. The normalized spacial score (nSPS) is 16.5. The van der Waals surface area contributed by atoms with Crippen LogP contribution in [0.2, 0.25) is 0 Å². The molecule has 2 unspecified atom stereocenters. The highest BCUT2D eigenvalue weighted by atomic mass is 15.2. The van der Waals surface area contributed by atoms with E-state index in [2.05, 4.69) is 39.5 Å². The first-order valence-corrected chi connectivity index (χ1v) is 6.63. The van der Waals surface area contributed by atoms with Crippen LogP contribution in [0.4, 0.5) is 0 Å². The topological polar surface area (TPSA) is 55.3 Å². The maximum atomic E-state index is 6.06. The Morgan fingerprint density at radius 1 is 0.938 bits per heavy atom. The molecule has 0 aliphatic heterocycles. The zero-order valence-corrected chi connectivity index (χ0v) is 11.8. The zero-order valence-electron chi connectivity index (χ0n) is 11.8. The van der Waals surface area contributed by atoms with E-state index >= 15 is 0 Å². The van der Waals surface area contributed by atoms with Crippen LogP contribution in [0.3, 0.4) is 0 Å². The zero-order chi connectivity index (χ0) is 12.8. The Labute approximate surface area is 102 Å². The lowest BCUT2D eigenvalue weighted by atomic mass is 9.97. The van der Waals surface area contributed by atoms with Crippen molar-refractivity contribution in [3.05, 3.63) is 0 Å². The fraction of sp³-hybridized carbons (Fsp3) is 1.00. The van der Waals surface area contributed by atoms with Crippen LogP contribution in [0, 0.1) is 0 Å². The van der Waals surface area contributed by atoms with Crippen LogP contribution in [0.25, 0.3) is 0 Å². The van der Waals surface area contributed by atoms with Crippen molar-refractivity contribution < 1.29 is 0 Å². The first-order valence-electron chi connectivity index (χ1n) is 6.63. The molecule has 0 aromatic carbocycles. The molecule has 3 nitrogen and oxygen atoms in total. The van der Waals surface area contributed by atoms with Gasteiger partial charge in [-0.25, -0.2) is 0 Å². The van der Waals surface area contributed by atoms with Crippen molar-refractivity contribution in [1.29, 1.82) is 0 Å². The van der Waals surface area contributed by atoms with Crippen molar-refractivity contribution in [3.8, 4) is 0 Å². The van der Waals surface area contributed by atoms with E-state index < -0.39 is 0 Å². The van der Waals surface area contributed by atoms with Crippen molar-refractivity contribution in [3.63, 3.8) is 0 Å². The molecule has 4 N–H and O–H groups in total. The number of rotatable bonds is 8. The molecule has 0 aromatic rings. The van der Waals surface area contributed by atoms with Crippen LogP contribution in [-0.4, -0.2) is 35.6 Å². The Bertz CT molecular complexity index is 168. The largest absolute Gasteiger partial charge is 0.327 e. The Morgan fingerprint density at radius 2 is 1.31 bits per heavy atom. The lowest BCUT2D eigenvalue weighted by Crippen LogP contribution is -2.53. The van der Waals surface area contributed by atoms with Gasteiger partial charge in [0.15, 0.2) is 0 Å². The number of hydrogen-bond acceptors (Lipinski definition) is 3. The molecule has 0 rings (SSSR count).